The molecule has 0 N–H and O–H groups in total. The number of hydrogen-bond donors (Lipinski definition) is 0. The van der Waals surface area contributed by atoms with E-state index in [1.807, 2.05) is 43.1 Å². The highest BCUT2D eigenvalue weighted by Crippen LogP contribution is 1.79. The highest BCUT2D eigenvalue weighted by molar-refractivity contribution is 7.15. The van der Waals surface area contributed by atoms with Gasteiger partial charge in [0.2, 0.25) is 0 Å². The minimum Gasteiger partial charge on any atom is -0.141 e. The zero-order valence-electron chi connectivity index (χ0n) is 5.04. The molecule has 0 heterocycles. The lowest BCUT2D eigenvalue weighted by atomic mass is 10.4. The quantitative estimate of drug-likeness (QED) is 0.467. The fourth-order valence-electron chi connectivity index (χ4n) is 0.385. The fraction of sp³-hybridized carbons (Fsp3) is 0.143. The van der Waals surface area contributed by atoms with Gasteiger partial charge in [-0.25, -0.2) is 0 Å². The second-order valence-electron chi connectivity index (χ2n) is 1.15. The standard InChI is InChI=1S/C6H6.CH5P/c1-2-4-6-5-3-1;1-2/h1-6H;2H2,1H3. The third kappa shape index (κ3) is 3.83. The maximum atomic E-state index is 2.42. The maximum Gasteiger partial charge on any atom is -0.0500 e. The van der Waals surface area contributed by atoms with Crippen molar-refractivity contribution in [1.82, 2.24) is 0 Å². The molecule has 1 rings (SSSR count). The summed E-state index contributed by atoms with van der Waals surface area (Å²) in [5, 5.41) is 0. The van der Waals surface area contributed by atoms with Gasteiger partial charge in [-0.1, -0.05) is 43.1 Å². The highest BCUT2D eigenvalue weighted by atomic mass is 31.0. The van der Waals surface area contributed by atoms with Gasteiger partial charge in [0.1, 0.15) is 0 Å². The first-order valence-corrected chi connectivity index (χ1v) is 3.73. The molecule has 0 fully saturated rings. The summed E-state index contributed by atoms with van der Waals surface area (Å²) in [6.07, 6.45) is 0. The van der Waals surface area contributed by atoms with E-state index in [1.165, 1.54) is 0 Å². The van der Waals surface area contributed by atoms with Gasteiger partial charge < -0.3 is 0 Å². The van der Waals surface area contributed by atoms with Crippen molar-refractivity contribution in [1.29, 1.82) is 0 Å². The van der Waals surface area contributed by atoms with Gasteiger partial charge in [0.15, 0.2) is 0 Å². The van der Waals surface area contributed by atoms with E-state index >= 15 is 0 Å². The number of hydrogen-bond acceptors (Lipinski definition) is 0. The van der Waals surface area contributed by atoms with E-state index in [1.54, 1.807) is 0 Å². The summed E-state index contributed by atoms with van der Waals surface area (Å²) in [7, 11) is 2.42. The van der Waals surface area contributed by atoms with Gasteiger partial charge in [-0.05, 0) is 0 Å². The number of benzene rings is 1. The van der Waals surface area contributed by atoms with Crippen LogP contribution in [0.25, 0.3) is 0 Å². The summed E-state index contributed by atoms with van der Waals surface area (Å²) < 4.78 is 0. The van der Waals surface area contributed by atoms with Crippen molar-refractivity contribution in [3.63, 3.8) is 0 Å². The first-order chi connectivity index (χ1) is 4.00. The van der Waals surface area contributed by atoms with E-state index in [4.69, 9.17) is 0 Å². The van der Waals surface area contributed by atoms with Crippen LogP contribution in [0.5, 0.6) is 0 Å². The summed E-state index contributed by atoms with van der Waals surface area (Å²) in [5.41, 5.74) is 0. The molecule has 1 atom stereocenters. The molecule has 0 amide bonds. The van der Waals surface area contributed by atoms with E-state index < -0.39 is 0 Å². The topological polar surface area (TPSA) is 0 Å². The van der Waals surface area contributed by atoms with Crippen LogP contribution in [-0.4, -0.2) is 6.66 Å². The Morgan fingerprint density at radius 1 is 0.625 bits per heavy atom. The zero-order valence-corrected chi connectivity index (χ0v) is 6.20. The first kappa shape index (κ1) is 7.65. The molecule has 1 unspecified atom stereocenters. The van der Waals surface area contributed by atoms with Crippen LogP contribution >= 0.6 is 9.24 Å². The van der Waals surface area contributed by atoms with Gasteiger partial charge in [0.25, 0.3) is 0 Å². The van der Waals surface area contributed by atoms with Crippen LogP contribution in [0.3, 0.4) is 0 Å². The van der Waals surface area contributed by atoms with Gasteiger partial charge in [-0.2, -0.15) is 0 Å². The first-order valence-electron chi connectivity index (χ1n) is 2.58. The van der Waals surface area contributed by atoms with Crippen molar-refractivity contribution in [3.8, 4) is 0 Å². The second-order valence-corrected chi connectivity index (χ2v) is 1.15. The lowest BCUT2D eigenvalue weighted by molar-refractivity contribution is 1.72. The van der Waals surface area contributed by atoms with Crippen LogP contribution in [0, 0.1) is 0 Å². The average Bonchev–Trinajstić information content (AvgIpc) is 1.96. The SMILES string of the molecule is CP.c1ccccc1. The lowest BCUT2D eigenvalue weighted by Gasteiger charge is -1.69. The molecule has 0 spiro atoms. The van der Waals surface area contributed by atoms with E-state index in [-0.39, 0.29) is 0 Å². The van der Waals surface area contributed by atoms with E-state index in [2.05, 4.69) is 9.24 Å². The van der Waals surface area contributed by atoms with Gasteiger partial charge in [-0.15, -0.1) is 9.24 Å². The maximum absolute atomic E-state index is 2.42. The summed E-state index contributed by atoms with van der Waals surface area (Å²) in [5.74, 6) is 0. The predicted octanol–water partition coefficient (Wildman–Crippen LogP) is 2.18. The second kappa shape index (κ2) is 6.65. The minimum atomic E-state index is 1.92. The van der Waals surface area contributed by atoms with Crippen LogP contribution in [0.2, 0.25) is 0 Å². The average molecular weight is 126 g/mol. The molecular weight excluding hydrogens is 115 g/mol. The number of rotatable bonds is 0. The Hall–Kier alpha value is -0.350. The van der Waals surface area contributed by atoms with Crippen LogP contribution in [-0.2, 0) is 0 Å². The minimum absolute atomic E-state index is 1.92. The molecule has 8 heavy (non-hydrogen) atoms. The van der Waals surface area contributed by atoms with E-state index in [9.17, 15) is 0 Å². The largest absolute Gasteiger partial charge is 0.141 e. The molecule has 0 aromatic heterocycles. The molecule has 44 valence electrons. The third-order valence-electron chi connectivity index (χ3n) is 0.667. The molecule has 0 saturated heterocycles. The highest BCUT2D eigenvalue weighted by Gasteiger charge is 1.57. The van der Waals surface area contributed by atoms with Crippen molar-refractivity contribution in [2.75, 3.05) is 6.66 Å². The van der Waals surface area contributed by atoms with Gasteiger partial charge in [-0.3, -0.25) is 0 Å². The van der Waals surface area contributed by atoms with E-state index in [0.29, 0.717) is 0 Å². The molecule has 1 heteroatoms. The Balaban J connectivity index is 0.000000222. The Kier molecular flexibility index (Phi) is 6.36. The molecule has 1 aromatic rings. The van der Waals surface area contributed by atoms with Crippen molar-refractivity contribution in [3.05, 3.63) is 36.4 Å². The monoisotopic (exact) mass is 126 g/mol. The Morgan fingerprint density at radius 3 is 0.875 bits per heavy atom. The molecule has 0 aliphatic rings. The van der Waals surface area contributed by atoms with Crippen LogP contribution in [0.4, 0.5) is 0 Å². The Labute approximate surface area is 53.1 Å². The van der Waals surface area contributed by atoms with Crippen LogP contribution in [0.1, 0.15) is 0 Å². The summed E-state index contributed by atoms with van der Waals surface area (Å²) in [4.78, 5) is 0. The molecule has 0 nitrogen and oxygen atoms in total. The Morgan fingerprint density at radius 2 is 0.750 bits per heavy atom. The molecule has 0 aliphatic heterocycles. The normalized spacial score (nSPS) is 6.75. The molecule has 0 bridgehead atoms. The molecule has 0 radical (unpaired) electrons. The summed E-state index contributed by atoms with van der Waals surface area (Å²) >= 11 is 0. The van der Waals surface area contributed by atoms with E-state index in [0.717, 1.165) is 0 Å². The molecule has 0 aliphatic carbocycles. The fourth-order valence-corrected chi connectivity index (χ4v) is 0.385. The smallest absolute Gasteiger partial charge is 0.0500 e. The third-order valence-corrected chi connectivity index (χ3v) is 0.667. The molecule has 0 saturated carbocycles. The van der Waals surface area contributed by atoms with Crippen molar-refractivity contribution < 1.29 is 0 Å². The Bertz CT molecular complexity index is 76.3. The van der Waals surface area contributed by atoms with Crippen molar-refractivity contribution >= 4 is 9.24 Å². The molecular formula is C7H11P. The summed E-state index contributed by atoms with van der Waals surface area (Å²) in [6.45, 7) is 1.92. The lowest BCUT2D eigenvalue weighted by Crippen LogP contribution is -1.47. The van der Waals surface area contributed by atoms with Crippen molar-refractivity contribution in [2.45, 2.75) is 0 Å². The van der Waals surface area contributed by atoms with Gasteiger partial charge in [0, 0.05) is 0 Å². The van der Waals surface area contributed by atoms with Gasteiger partial charge in [0.05, 0.1) is 0 Å². The van der Waals surface area contributed by atoms with Crippen LogP contribution < -0.4 is 0 Å². The van der Waals surface area contributed by atoms with Crippen molar-refractivity contribution in [2.24, 2.45) is 0 Å². The predicted molar refractivity (Wildman–Crippen MR) is 42.1 cm³/mol. The zero-order chi connectivity index (χ0) is 6.24. The van der Waals surface area contributed by atoms with Crippen LogP contribution in [0.15, 0.2) is 36.4 Å². The summed E-state index contributed by atoms with van der Waals surface area (Å²) in [6, 6.07) is 12.0. The van der Waals surface area contributed by atoms with Gasteiger partial charge >= 0.3 is 0 Å². The molecule has 1 aromatic carbocycles.